The molecule has 2 aromatic rings. The number of halogens is 1. The van der Waals surface area contributed by atoms with E-state index in [9.17, 15) is 9.18 Å². The predicted molar refractivity (Wildman–Crippen MR) is 74.2 cm³/mol. The molecule has 0 amide bonds. The van der Waals surface area contributed by atoms with Gasteiger partial charge in [0.05, 0.1) is 6.20 Å². The van der Waals surface area contributed by atoms with Gasteiger partial charge >= 0.3 is 0 Å². The van der Waals surface area contributed by atoms with Gasteiger partial charge in [0.2, 0.25) is 0 Å². The van der Waals surface area contributed by atoms with Crippen molar-refractivity contribution in [2.24, 2.45) is 0 Å². The average molecular weight is 303 g/mol. The minimum Gasteiger partial charge on any atom is -0.444 e. The lowest BCUT2D eigenvalue weighted by atomic mass is 10.1. The van der Waals surface area contributed by atoms with E-state index >= 15 is 0 Å². The molecule has 6 nitrogen and oxygen atoms in total. The Morgan fingerprint density at radius 2 is 2.23 bits per heavy atom. The molecule has 114 valence electrons. The monoisotopic (exact) mass is 303 g/mol. The second-order valence-corrected chi connectivity index (χ2v) is 4.90. The number of aromatic nitrogens is 1. The highest BCUT2D eigenvalue weighted by Crippen LogP contribution is 2.35. The van der Waals surface area contributed by atoms with Crippen molar-refractivity contribution < 1.29 is 18.3 Å². The van der Waals surface area contributed by atoms with Gasteiger partial charge in [0, 0.05) is 18.3 Å². The maximum Gasteiger partial charge on any atom is 0.295 e. The minimum atomic E-state index is -1.27. The van der Waals surface area contributed by atoms with Crippen molar-refractivity contribution in [1.29, 1.82) is 0 Å². The van der Waals surface area contributed by atoms with Crippen molar-refractivity contribution in [2.75, 3.05) is 0 Å². The fourth-order valence-electron chi connectivity index (χ4n) is 2.43. The zero-order valence-electron chi connectivity index (χ0n) is 11.8. The Morgan fingerprint density at radius 3 is 2.86 bits per heavy atom. The number of hydrogen-bond acceptors (Lipinski definition) is 6. The van der Waals surface area contributed by atoms with Crippen LogP contribution in [0.3, 0.4) is 0 Å². The lowest BCUT2D eigenvalue weighted by Crippen LogP contribution is -2.48. The largest absolute Gasteiger partial charge is 0.444 e. The van der Waals surface area contributed by atoms with E-state index in [4.69, 9.17) is 9.15 Å². The number of ether oxygens (including phenoxy) is 1. The maximum atomic E-state index is 13.0. The number of hydrazine groups is 1. The van der Waals surface area contributed by atoms with Crippen LogP contribution in [0.5, 0.6) is 0 Å². The summed E-state index contributed by atoms with van der Waals surface area (Å²) in [5.41, 5.74) is 3.44. The number of hydrogen-bond donors (Lipinski definition) is 1. The third kappa shape index (κ3) is 2.46. The van der Waals surface area contributed by atoms with E-state index in [1.165, 1.54) is 24.6 Å². The summed E-state index contributed by atoms with van der Waals surface area (Å²) in [4.78, 5) is 15.1. The SMILES string of the molecule is CC1=CC(OC=O)(c2ncco2)N(Cc2ccc(F)cc2)N1. The second-order valence-electron chi connectivity index (χ2n) is 4.90. The van der Waals surface area contributed by atoms with E-state index in [0.29, 0.717) is 13.0 Å². The van der Waals surface area contributed by atoms with Gasteiger partial charge in [0.1, 0.15) is 12.1 Å². The first-order chi connectivity index (χ1) is 10.6. The minimum absolute atomic E-state index is 0.228. The van der Waals surface area contributed by atoms with Crippen LogP contribution in [0.15, 0.2) is 52.9 Å². The molecule has 1 aliphatic heterocycles. The van der Waals surface area contributed by atoms with Crippen LogP contribution in [0.25, 0.3) is 0 Å². The molecule has 0 aliphatic carbocycles. The number of carbonyl (C=O) groups is 1. The molecule has 0 spiro atoms. The number of rotatable bonds is 5. The Morgan fingerprint density at radius 1 is 1.45 bits per heavy atom. The number of nitrogens with zero attached hydrogens (tertiary/aromatic N) is 2. The highest BCUT2D eigenvalue weighted by molar-refractivity contribution is 5.41. The van der Waals surface area contributed by atoms with E-state index in [1.807, 2.05) is 6.92 Å². The van der Waals surface area contributed by atoms with Gasteiger partial charge in [-0.2, -0.15) is 5.01 Å². The molecule has 1 aliphatic rings. The van der Waals surface area contributed by atoms with Crippen molar-refractivity contribution >= 4 is 6.47 Å². The first-order valence-corrected chi connectivity index (χ1v) is 6.64. The molecular weight excluding hydrogens is 289 g/mol. The summed E-state index contributed by atoms with van der Waals surface area (Å²) in [5, 5.41) is 1.66. The standard InChI is InChI=1S/C15H14FN3O3/c1-11-8-15(22-10-20,14-17-6-7-21-14)19(18-11)9-12-2-4-13(16)5-3-12/h2-8,10,18H,9H2,1H3. The van der Waals surface area contributed by atoms with Crippen LogP contribution >= 0.6 is 0 Å². The fourth-order valence-corrected chi connectivity index (χ4v) is 2.43. The number of oxazole rings is 1. The molecule has 1 atom stereocenters. The third-order valence-corrected chi connectivity index (χ3v) is 3.34. The molecule has 0 radical (unpaired) electrons. The summed E-state index contributed by atoms with van der Waals surface area (Å²) in [6, 6.07) is 6.07. The first-order valence-electron chi connectivity index (χ1n) is 6.64. The Labute approximate surface area is 126 Å². The van der Waals surface area contributed by atoms with Gasteiger partial charge < -0.3 is 14.6 Å². The lowest BCUT2D eigenvalue weighted by Gasteiger charge is -2.32. The summed E-state index contributed by atoms with van der Waals surface area (Å²) in [5.74, 6) is -0.0818. The van der Waals surface area contributed by atoms with Crippen molar-refractivity contribution in [2.45, 2.75) is 19.2 Å². The normalized spacial score (nSPS) is 21.3. The molecule has 3 rings (SSSR count). The van der Waals surface area contributed by atoms with Crippen LogP contribution in [-0.4, -0.2) is 16.5 Å². The Kier molecular flexibility index (Phi) is 3.64. The summed E-state index contributed by atoms with van der Waals surface area (Å²) >= 11 is 0. The van der Waals surface area contributed by atoms with Gasteiger partial charge in [-0.05, 0) is 24.6 Å². The first kappa shape index (κ1) is 14.3. The Bertz CT molecular complexity index is 685. The topological polar surface area (TPSA) is 67.6 Å². The summed E-state index contributed by atoms with van der Waals surface area (Å²) in [7, 11) is 0. The third-order valence-electron chi connectivity index (χ3n) is 3.34. The molecule has 1 N–H and O–H groups in total. The second kappa shape index (κ2) is 5.61. The van der Waals surface area contributed by atoms with Crippen LogP contribution in [0.4, 0.5) is 4.39 Å². The quantitative estimate of drug-likeness (QED) is 0.853. The van der Waals surface area contributed by atoms with E-state index in [1.54, 1.807) is 23.2 Å². The van der Waals surface area contributed by atoms with Crippen molar-refractivity contribution in [3.63, 3.8) is 0 Å². The molecule has 0 saturated carbocycles. The van der Waals surface area contributed by atoms with Crippen molar-refractivity contribution in [1.82, 2.24) is 15.4 Å². The molecule has 2 heterocycles. The number of benzene rings is 1. The van der Waals surface area contributed by atoms with Gasteiger partial charge in [0.15, 0.2) is 0 Å². The molecule has 1 aromatic heterocycles. The summed E-state index contributed by atoms with van der Waals surface area (Å²) < 4.78 is 23.6. The van der Waals surface area contributed by atoms with Crippen LogP contribution in [0.1, 0.15) is 18.4 Å². The van der Waals surface area contributed by atoms with E-state index in [-0.39, 0.29) is 11.7 Å². The van der Waals surface area contributed by atoms with E-state index in [2.05, 4.69) is 10.4 Å². The highest BCUT2D eigenvalue weighted by Gasteiger charge is 2.47. The predicted octanol–water partition coefficient (Wildman–Crippen LogP) is 2.06. The zero-order valence-corrected chi connectivity index (χ0v) is 11.8. The molecule has 1 unspecified atom stereocenters. The highest BCUT2D eigenvalue weighted by atomic mass is 19.1. The Balaban J connectivity index is 1.95. The van der Waals surface area contributed by atoms with E-state index < -0.39 is 5.72 Å². The Hall–Kier alpha value is -2.67. The molecule has 0 bridgehead atoms. The molecule has 1 aromatic carbocycles. The molecule has 7 heteroatoms. The summed E-state index contributed by atoms with van der Waals surface area (Å²) in [6.45, 7) is 2.53. The fraction of sp³-hybridized carbons (Fsp3) is 0.200. The van der Waals surface area contributed by atoms with Crippen LogP contribution < -0.4 is 5.43 Å². The maximum absolute atomic E-state index is 13.0. The summed E-state index contributed by atoms with van der Waals surface area (Å²) in [6.07, 6.45) is 4.59. The average Bonchev–Trinajstić information content (AvgIpc) is 3.11. The van der Waals surface area contributed by atoms with Crippen LogP contribution in [0.2, 0.25) is 0 Å². The van der Waals surface area contributed by atoms with Crippen molar-refractivity contribution in [3.8, 4) is 0 Å². The number of carbonyl (C=O) groups excluding carboxylic acids is 1. The van der Waals surface area contributed by atoms with E-state index in [0.717, 1.165) is 11.3 Å². The van der Waals surface area contributed by atoms with Crippen LogP contribution in [0, 0.1) is 5.82 Å². The van der Waals surface area contributed by atoms with Crippen molar-refractivity contribution in [3.05, 3.63) is 65.8 Å². The zero-order chi connectivity index (χ0) is 15.6. The van der Waals surface area contributed by atoms with Gasteiger partial charge in [-0.15, -0.1) is 0 Å². The van der Waals surface area contributed by atoms with Gasteiger partial charge in [-0.1, -0.05) is 12.1 Å². The smallest absolute Gasteiger partial charge is 0.295 e. The molecular formula is C15H14FN3O3. The van der Waals surface area contributed by atoms with Gasteiger partial charge in [0.25, 0.3) is 18.1 Å². The molecule has 0 fully saturated rings. The van der Waals surface area contributed by atoms with Gasteiger partial charge in [-0.25, -0.2) is 9.37 Å². The lowest BCUT2D eigenvalue weighted by molar-refractivity contribution is -0.169. The molecule has 22 heavy (non-hydrogen) atoms. The number of allylic oxidation sites excluding steroid dienone is 1. The number of nitrogens with one attached hydrogen (secondary N) is 1. The van der Waals surface area contributed by atoms with Gasteiger partial charge in [-0.3, -0.25) is 4.79 Å². The molecule has 0 saturated heterocycles. The van der Waals surface area contributed by atoms with Crippen LogP contribution in [-0.2, 0) is 21.8 Å².